The zero-order chi connectivity index (χ0) is 0. The normalized spacial score (nSPS) is 0. The van der Waals surface area contributed by atoms with Crippen molar-refractivity contribution in [3.05, 3.63) is 0 Å². The quantitative estimate of drug-likeness (QED) is 0.316. The molecule has 0 aliphatic rings. The molecule has 0 aromatic heterocycles. The summed E-state index contributed by atoms with van der Waals surface area (Å²) in [5.41, 5.74) is 0. The molecule has 0 radical (unpaired) electrons. The minimum absolute atomic E-state index is 0. The van der Waals surface area contributed by atoms with Gasteiger partial charge in [-0.25, -0.2) is 0 Å². The molecule has 0 aliphatic heterocycles. The van der Waals surface area contributed by atoms with Crippen LogP contribution in [0.5, 0.6) is 0 Å². The van der Waals surface area contributed by atoms with E-state index in [1.807, 2.05) is 0 Å². The van der Waals surface area contributed by atoms with E-state index in [-0.39, 0.29) is 44.3 Å². The van der Waals surface area contributed by atoms with Gasteiger partial charge < -0.3 is 5.48 Å². The first kappa shape index (κ1) is 97.1. The Morgan fingerprint density at radius 1 is 1.00 bits per heavy atom. The molecule has 0 rings (SSSR count). The molecule has 0 amide bonds. The van der Waals surface area contributed by atoms with Crippen molar-refractivity contribution < 1.29 is 25.0 Å². The summed E-state index contributed by atoms with van der Waals surface area (Å²) in [6.07, 6.45) is 0. The molecule has 0 atom stereocenters. The third-order valence-electron chi connectivity index (χ3n) is 0. The molecule has 4 heteroatoms. The van der Waals surface area contributed by atoms with E-state index in [1.165, 1.54) is 0 Å². The summed E-state index contributed by atoms with van der Waals surface area (Å²) in [7, 11) is 0. The van der Waals surface area contributed by atoms with Crippen LogP contribution in [0.2, 0.25) is 0 Å². The van der Waals surface area contributed by atoms with Crippen LogP contribution in [0.3, 0.4) is 0 Å². The molecular formula is H7BOSiZn. The monoisotopic (exact) mass is 126 g/mol. The van der Waals surface area contributed by atoms with E-state index >= 15 is 0 Å². The second-order valence-corrected chi connectivity index (χ2v) is 0. The zero-order valence-electron chi connectivity index (χ0n) is 1.12. The number of hydrogen-bond acceptors (Lipinski definition) is 0. The molecule has 22 valence electrons. The van der Waals surface area contributed by atoms with Crippen LogP contribution in [-0.4, -0.2) is 19.4 Å². The summed E-state index contributed by atoms with van der Waals surface area (Å²) in [5.74, 6) is 0. The molecule has 0 heterocycles. The predicted molar refractivity (Wildman–Crippen MR) is 22.0 cm³/mol. The summed E-state index contributed by atoms with van der Waals surface area (Å²) in [4.78, 5) is 0. The third-order valence-corrected chi connectivity index (χ3v) is 0. The van der Waals surface area contributed by atoms with Crippen LogP contribution in [0.1, 0.15) is 0 Å². The van der Waals surface area contributed by atoms with E-state index < -0.39 is 0 Å². The van der Waals surface area contributed by atoms with Crippen molar-refractivity contribution in [3.63, 3.8) is 0 Å². The van der Waals surface area contributed by atoms with E-state index in [0.717, 1.165) is 0 Å². The number of rotatable bonds is 0. The average Bonchev–Trinajstić information content (AvgIpc) is 0. The fraction of sp³-hybridized carbons (Fsp3) is 0. The first-order chi connectivity index (χ1) is 0. The van der Waals surface area contributed by atoms with E-state index in [0.29, 0.717) is 0 Å². The van der Waals surface area contributed by atoms with Gasteiger partial charge >= 0.3 is 19.5 Å². The minimum atomic E-state index is 0. The molecule has 1 nitrogen and oxygen atoms in total. The standard InChI is InChI=1S/BH3.O.H4Si.Zn/h1H3;;1H4;/q;-2;;+2. The Morgan fingerprint density at radius 3 is 1.00 bits per heavy atom. The second kappa shape index (κ2) is 42.4. The SMILES string of the molecule is B.[O-2].[SiH4].[Zn+2]. The largest absolute Gasteiger partial charge is 2.00 e. The maximum Gasteiger partial charge on any atom is 2.00 e. The summed E-state index contributed by atoms with van der Waals surface area (Å²) in [6, 6.07) is 0. The molecule has 0 saturated carbocycles. The van der Waals surface area contributed by atoms with Gasteiger partial charge in [0.1, 0.15) is 0 Å². The second-order valence-electron chi connectivity index (χ2n) is 0. The molecule has 0 bridgehead atoms. The smallest absolute Gasteiger partial charge is 2.00 e. The van der Waals surface area contributed by atoms with Crippen molar-refractivity contribution in [3.8, 4) is 0 Å². The van der Waals surface area contributed by atoms with Crippen molar-refractivity contribution >= 4 is 19.4 Å². The van der Waals surface area contributed by atoms with E-state index in [4.69, 9.17) is 0 Å². The first-order valence-electron chi connectivity index (χ1n) is 0. The van der Waals surface area contributed by atoms with Gasteiger partial charge in [0.15, 0.2) is 0 Å². The molecule has 0 spiro atoms. The molecule has 0 saturated heterocycles. The Hall–Kier alpha value is 0.865. The van der Waals surface area contributed by atoms with Gasteiger partial charge in [-0.05, 0) is 11.0 Å². The molecule has 0 aliphatic carbocycles. The van der Waals surface area contributed by atoms with Gasteiger partial charge in [-0.3, -0.25) is 0 Å². The first-order valence-corrected chi connectivity index (χ1v) is 0. The van der Waals surface area contributed by atoms with Gasteiger partial charge in [-0.1, -0.05) is 0 Å². The van der Waals surface area contributed by atoms with Gasteiger partial charge in [-0.2, -0.15) is 0 Å². The fourth-order valence-corrected chi connectivity index (χ4v) is 0. The molecule has 0 fully saturated rings. The van der Waals surface area contributed by atoms with Crippen LogP contribution < -0.4 is 0 Å². The van der Waals surface area contributed by atoms with Gasteiger partial charge in [0, 0.05) is 0 Å². The van der Waals surface area contributed by atoms with Gasteiger partial charge in [0.2, 0.25) is 0 Å². The van der Waals surface area contributed by atoms with E-state index in [1.54, 1.807) is 0 Å². The Balaban J connectivity index is 0. The molecule has 0 unspecified atom stereocenters. The van der Waals surface area contributed by atoms with Crippen LogP contribution in [0.15, 0.2) is 0 Å². The zero-order valence-corrected chi connectivity index (χ0v) is 4.08. The van der Waals surface area contributed by atoms with Crippen molar-refractivity contribution in [2.24, 2.45) is 0 Å². The summed E-state index contributed by atoms with van der Waals surface area (Å²) >= 11 is 0. The van der Waals surface area contributed by atoms with Crippen LogP contribution in [-0.2, 0) is 25.0 Å². The molecular weight excluding hydrogens is 120 g/mol. The Bertz CT molecular complexity index is 8.00. The van der Waals surface area contributed by atoms with Gasteiger partial charge in [-0.15, -0.1) is 0 Å². The third kappa shape index (κ3) is 13.3. The van der Waals surface area contributed by atoms with Crippen molar-refractivity contribution in [1.29, 1.82) is 0 Å². The minimum Gasteiger partial charge on any atom is -2.00 e. The van der Waals surface area contributed by atoms with Crippen molar-refractivity contribution in [2.75, 3.05) is 0 Å². The van der Waals surface area contributed by atoms with Gasteiger partial charge in [0.05, 0.1) is 8.41 Å². The summed E-state index contributed by atoms with van der Waals surface area (Å²) in [6.45, 7) is 0. The maximum atomic E-state index is 0. The molecule has 0 aromatic rings. The van der Waals surface area contributed by atoms with Crippen molar-refractivity contribution in [2.45, 2.75) is 0 Å². The van der Waals surface area contributed by atoms with Crippen LogP contribution in [0.4, 0.5) is 0 Å². The van der Waals surface area contributed by atoms with Gasteiger partial charge in [0.25, 0.3) is 0 Å². The number of hydrogen-bond donors (Lipinski definition) is 0. The Labute approximate surface area is 44.8 Å². The average molecular weight is 127 g/mol. The Morgan fingerprint density at radius 2 is 1.00 bits per heavy atom. The Kier molecular flexibility index (Phi) is 1030. The summed E-state index contributed by atoms with van der Waals surface area (Å²) in [5, 5.41) is 0. The van der Waals surface area contributed by atoms with E-state index in [9.17, 15) is 0 Å². The molecule has 0 aromatic carbocycles. The van der Waals surface area contributed by atoms with Crippen LogP contribution in [0, 0.1) is 0 Å². The molecule has 4 heavy (non-hydrogen) atoms. The predicted octanol–water partition coefficient (Wildman–Crippen LogP) is -2.76. The fourth-order valence-electron chi connectivity index (χ4n) is 0. The molecule has 0 N–H and O–H groups in total. The van der Waals surface area contributed by atoms with Crippen LogP contribution in [0.25, 0.3) is 0 Å². The topological polar surface area (TPSA) is 28.5 Å². The van der Waals surface area contributed by atoms with Crippen molar-refractivity contribution in [1.82, 2.24) is 0 Å². The maximum absolute atomic E-state index is 0. The van der Waals surface area contributed by atoms with E-state index in [2.05, 4.69) is 0 Å². The van der Waals surface area contributed by atoms with Crippen LogP contribution >= 0.6 is 0 Å². The summed E-state index contributed by atoms with van der Waals surface area (Å²) < 4.78 is 0.